The van der Waals surface area contributed by atoms with Crippen LogP contribution in [-0.4, -0.2) is 35.6 Å². The summed E-state index contributed by atoms with van der Waals surface area (Å²) in [4.78, 5) is 16.2. The van der Waals surface area contributed by atoms with Crippen LogP contribution in [0.15, 0.2) is 36.4 Å². The van der Waals surface area contributed by atoms with Crippen LogP contribution < -0.4 is 0 Å². The molecule has 0 saturated carbocycles. The first-order valence-electron chi connectivity index (χ1n) is 6.90. The van der Waals surface area contributed by atoms with Crippen LogP contribution in [0.1, 0.15) is 26.2 Å². The van der Waals surface area contributed by atoms with E-state index < -0.39 is 0 Å². The molecule has 1 unspecified atom stereocenters. The quantitative estimate of drug-likeness (QED) is 0.928. The van der Waals surface area contributed by atoms with Gasteiger partial charge in [0, 0.05) is 11.4 Å². The van der Waals surface area contributed by atoms with E-state index in [2.05, 4.69) is 0 Å². The van der Waals surface area contributed by atoms with Gasteiger partial charge >= 0.3 is 0 Å². The van der Waals surface area contributed by atoms with Gasteiger partial charge in [-0.15, -0.1) is 11.3 Å². The Morgan fingerprint density at radius 1 is 1.38 bits per heavy atom. The lowest BCUT2D eigenvalue weighted by Gasteiger charge is -2.33. The van der Waals surface area contributed by atoms with Gasteiger partial charge in [0.2, 0.25) is 0 Å². The zero-order chi connectivity index (χ0) is 14.8. The zero-order valence-corrected chi connectivity index (χ0v) is 12.6. The molecular formula is C16H17NO3S. The molecule has 1 N–H and O–H groups in total. The van der Waals surface area contributed by atoms with E-state index in [1.54, 1.807) is 18.2 Å². The maximum absolute atomic E-state index is 12.5. The van der Waals surface area contributed by atoms with E-state index >= 15 is 0 Å². The summed E-state index contributed by atoms with van der Waals surface area (Å²) in [5, 5.41) is 9.57. The Morgan fingerprint density at radius 3 is 2.95 bits per heavy atom. The van der Waals surface area contributed by atoms with E-state index in [4.69, 9.17) is 4.74 Å². The number of hydrogen-bond donors (Lipinski definition) is 1. The van der Waals surface area contributed by atoms with Crippen molar-refractivity contribution in [3.63, 3.8) is 0 Å². The second-order valence-electron chi connectivity index (χ2n) is 5.12. The van der Waals surface area contributed by atoms with Gasteiger partial charge in [0.05, 0.1) is 18.0 Å². The molecule has 1 aliphatic rings. The number of aryl methyl sites for hydroxylation is 1. The number of nitrogens with zero attached hydrogens (tertiary/aromatic N) is 1. The summed E-state index contributed by atoms with van der Waals surface area (Å²) in [6.07, 6.45) is -0.184. The first-order valence-corrected chi connectivity index (χ1v) is 7.71. The van der Waals surface area contributed by atoms with Crippen LogP contribution in [-0.2, 0) is 4.74 Å². The number of benzene rings is 1. The van der Waals surface area contributed by atoms with E-state index in [1.165, 1.54) is 11.3 Å². The lowest BCUT2D eigenvalue weighted by Crippen LogP contribution is -2.42. The van der Waals surface area contributed by atoms with Crippen molar-refractivity contribution in [3.8, 4) is 5.75 Å². The SMILES string of the molecule is Cc1ccc(C(=O)N2CCOC(c3cccc(O)c3)C2)s1. The number of carbonyl (C=O) groups excluding carboxylic acids is 1. The maximum atomic E-state index is 12.5. The van der Waals surface area contributed by atoms with Gasteiger partial charge in [-0.05, 0) is 36.8 Å². The highest BCUT2D eigenvalue weighted by Gasteiger charge is 2.26. The van der Waals surface area contributed by atoms with Gasteiger partial charge in [0.1, 0.15) is 11.9 Å². The molecule has 5 heteroatoms. The standard InChI is InChI=1S/C16H17NO3S/c1-11-5-6-15(21-11)16(19)17-7-8-20-14(10-17)12-3-2-4-13(18)9-12/h2-6,9,14,18H,7-8,10H2,1H3. The van der Waals surface area contributed by atoms with E-state index in [-0.39, 0.29) is 17.8 Å². The highest BCUT2D eigenvalue weighted by Crippen LogP contribution is 2.26. The highest BCUT2D eigenvalue weighted by atomic mass is 32.1. The Hall–Kier alpha value is -1.85. The summed E-state index contributed by atoms with van der Waals surface area (Å²) >= 11 is 1.52. The monoisotopic (exact) mass is 303 g/mol. The number of hydrogen-bond acceptors (Lipinski definition) is 4. The van der Waals surface area contributed by atoms with Crippen molar-refractivity contribution in [2.45, 2.75) is 13.0 Å². The average molecular weight is 303 g/mol. The van der Waals surface area contributed by atoms with Gasteiger partial charge in [-0.1, -0.05) is 12.1 Å². The third kappa shape index (κ3) is 3.09. The van der Waals surface area contributed by atoms with Gasteiger partial charge in [-0.25, -0.2) is 0 Å². The molecule has 1 fully saturated rings. The van der Waals surface area contributed by atoms with Crippen molar-refractivity contribution < 1.29 is 14.6 Å². The fraction of sp³-hybridized carbons (Fsp3) is 0.312. The molecule has 1 amide bonds. The molecular weight excluding hydrogens is 286 g/mol. The molecule has 21 heavy (non-hydrogen) atoms. The van der Waals surface area contributed by atoms with Crippen molar-refractivity contribution in [2.75, 3.05) is 19.7 Å². The molecule has 1 aromatic heterocycles. The molecule has 2 aromatic rings. The lowest BCUT2D eigenvalue weighted by molar-refractivity contribution is -0.0227. The number of aromatic hydroxyl groups is 1. The Bertz CT molecular complexity index is 652. The van der Waals surface area contributed by atoms with E-state index in [9.17, 15) is 9.90 Å². The van der Waals surface area contributed by atoms with E-state index in [0.29, 0.717) is 19.7 Å². The minimum atomic E-state index is -0.184. The summed E-state index contributed by atoms with van der Waals surface area (Å²) < 4.78 is 5.74. The van der Waals surface area contributed by atoms with Gasteiger partial charge in [-0.3, -0.25) is 4.79 Å². The first kappa shape index (κ1) is 14.1. The van der Waals surface area contributed by atoms with Crippen molar-refractivity contribution in [1.29, 1.82) is 0 Å². The van der Waals surface area contributed by atoms with Crippen LogP contribution >= 0.6 is 11.3 Å². The summed E-state index contributed by atoms with van der Waals surface area (Å²) in [6.45, 7) is 3.62. The highest BCUT2D eigenvalue weighted by molar-refractivity contribution is 7.13. The molecule has 1 aromatic carbocycles. The Balaban J connectivity index is 1.75. The number of thiophene rings is 1. The fourth-order valence-corrected chi connectivity index (χ4v) is 3.30. The summed E-state index contributed by atoms with van der Waals surface area (Å²) in [5.74, 6) is 0.273. The predicted molar refractivity (Wildman–Crippen MR) is 81.8 cm³/mol. The topological polar surface area (TPSA) is 49.8 Å². The average Bonchev–Trinajstić information content (AvgIpc) is 2.93. The second-order valence-corrected chi connectivity index (χ2v) is 6.40. The molecule has 2 heterocycles. The Morgan fingerprint density at radius 2 is 2.24 bits per heavy atom. The number of amides is 1. The molecule has 0 radical (unpaired) electrons. The fourth-order valence-electron chi connectivity index (χ4n) is 2.47. The molecule has 0 spiro atoms. The van der Waals surface area contributed by atoms with Gasteiger partial charge in [0.25, 0.3) is 5.91 Å². The van der Waals surface area contributed by atoms with Crippen LogP contribution in [0.2, 0.25) is 0 Å². The first-order chi connectivity index (χ1) is 10.1. The number of phenolic OH excluding ortho intramolecular Hbond substituents is 1. The zero-order valence-electron chi connectivity index (χ0n) is 11.8. The predicted octanol–water partition coefficient (Wildman–Crippen LogP) is 2.98. The smallest absolute Gasteiger partial charge is 0.264 e. The van der Waals surface area contributed by atoms with Crippen molar-refractivity contribution >= 4 is 17.2 Å². The summed E-state index contributed by atoms with van der Waals surface area (Å²) in [7, 11) is 0. The third-order valence-electron chi connectivity index (χ3n) is 3.55. The molecule has 3 rings (SSSR count). The molecule has 1 aliphatic heterocycles. The maximum Gasteiger partial charge on any atom is 0.264 e. The van der Waals surface area contributed by atoms with Crippen molar-refractivity contribution in [2.24, 2.45) is 0 Å². The number of phenols is 1. The van der Waals surface area contributed by atoms with E-state index in [1.807, 2.05) is 30.0 Å². The Labute approximate surface area is 127 Å². The Kier molecular flexibility index (Phi) is 3.94. The van der Waals surface area contributed by atoms with Gasteiger partial charge in [0.15, 0.2) is 0 Å². The van der Waals surface area contributed by atoms with Gasteiger partial charge in [-0.2, -0.15) is 0 Å². The van der Waals surface area contributed by atoms with Crippen LogP contribution in [0.3, 0.4) is 0 Å². The molecule has 1 atom stereocenters. The van der Waals surface area contributed by atoms with Crippen LogP contribution in [0.5, 0.6) is 5.75 Å². The minimum absolute atomic E-state index is 0.0570. The molecule has 0 bridgehead atoms. The van der Waals surface area contributed by atoms with Crippen molar-refractivity contribution in [3.05, 3.63) is 51.7 Å². The second kappa shape index (κ2) is 5.87. The summed E-state index contributed by atoms with van der Waals surface area (Å²) in [5.41, 5.74) is 0.898. The number of carbonyl (C=O) groups is 1. The minimum Gasteiger partial charge on any atom is -0.508 e. The molecule has 1 saturated heterocycles. The number of rotatable bonds is 2. The van der Waals surface area contributed by atoms with Crippen LogP contribution in [0.25, 0.3) is 0 Å². The molecule has 110 valence electrons. The van der Waals surface area contributed by atoms with Crippen molar-refractivity contribution in [1.82, 2.24) is 4.90 Å². The largest absolute Gasteiger partial charge is 0.508 e. The molecule has 4 nitrogen and oxygen atoms in total. The van der Waals surface area contributed by atoms with Crippen LogP contribution in [0, 0.1) is 6.92 Å². The van der Waals surface area contributed by atoms with E-state index in [0.717, 1.165) is 15.3 Å². The number of morpholine rings is 1. The van der Waals surface area contributed by atoms with Gasteiger partial charge < -0.3 is 14.7 Å². The third-order valence-corrected chi connectivity index (χ3v) is 4.54. The normalized spacial score (nSPS) is 18.7. The van der Waals surface area contributed by atoms with Crippen LogP contribution in [0.4, 0.5) is 0 Å². The summed E-state index contributed by atoms with van der Waals surface area (Å²) in [6, 6.07) is 10.9. The lowest BCUT2D eigenvalue weighted by atomic mass is 10.1. The molecule has 0 aliphatic carbocycles. The number of ether oxygens (including phenoxy) is 1.